The maximum atomic E-state index is 12.8. The van der Waals surface area contributed by atoms with E-state index >= 15 is 0 Å². The Labute approximate surface area is 147 Å². The van der Waals surface area contributed by atoms with Gasteiger partial charge in [-0.25, -0.2) is 9.67 Å². The summed E-state index contributed by atoms with van der Waals surface area (Å²) in [5.74, 6) is 1.41. The number of aryl methyl sites for hydroxylation is 3. The fourth-order valence-corrected chi connectivity index (χ4v) is 5.28. The van der Waals surface area contributed by atoms with Crippen LogP contribution >= 0.6 is 23.1 Å². The third kappa shape index (κ3) is 2.55. The van der Waals surface area contributed by atoms with Crippen molar-refractivity contribution in [3.05, 3.63) is 26.6 Å². The maximum Gasteiger partial charge on any atom is 0.262 e. The van der Waals surface area contributed by atoms with Crippen LogP contribution in [0.1, 0.15) is 36.0 Å². The van der Waals surface area contributed by atoms with Gasteiger partial charge >= 0.3 is 0 Å². The summed E-state index contributed by atoms with van der Waals surface area (Å²) in [5, 5.41) is 13.4. The zero-order valence-corrected chi connectivity index (χ0v) is 15.3. The first-order chi connectivity index (χ1) is 11.7. The minimum atomic E-state index is 0.0649. The van der Waals surface area contributed by atoms with Crippen LogP contribution < -0.4 is 5.56 Å². The van der Waals surface area contributed by atoms with Crippen LogP contribution in [0.15, 0.2) is 9.95 Å². The average molecular weight is 362 g/mol. The first-order valence-electron chi connectivity index (χ1n) is 8.08. The van der Waals surface area contributed by atoms with Crippen LogP contribution in [0.4, 0.5) is 0 Å². The number of aromatic nitrogens is 6. The van der Waals surface area contributed by atoms with Gasteiger partial charge in [0.2, 0.25) is 0 Å². The van der Waals surface area contributed by atoms with Crippen molar-refractivity contribution in [3.8, 4) is 0 Å². The lowest BCUT2D eigenvalue weighted by Gasteiger charge is -2.07. The summed E-state index contributed by atoms with van der Waals surface area (Å²) in [6.45, 7) is 2.89. The van der Waals surface area contributed by atoms with Crippen LogP contribution in [0.3, 0.4) is 0 Å². The maximum absolute atomic E-state index is 12.8. The van der Waals surface area contributed by atoms with Gasteiger partial charge in [0.05, 0.1) is 11.1 Å². The third-order valence-electron chi connectivity index (χ3n) is 4.28. The smallest absolute Gasteiger partial charge is 0.262 e. The predicted molar refractivity (Wildman–Crippen MR) is 94.6 cm³/mol. The molecule has 0 saturated heterocycles. The molecule has 1 aliphatic carbocycles. The van der Waals surface area contributed by atoms with Crippen molar-refractivity contribution in [3.63, 3.8) is 0 Å². The van der Waals surface area contributed by atoms with Crippen molar-refractivity contribution in [2.45, 2.75) is 50.1 Å². The molecule has 126 valence electrons. The summed E-state index contributed by atoms with van der Waals surface area (Å²) in [6.07, 6.45) is 4.21. The van der Waals surface area contributed by atoms with Crippen molar-refractivity contribution < 1.29 is 0 Å². The molecule has 0 atom stereocenters. The fourth-order valence-electron chi connectivity index (χ4n) is 3.08. The number of hydrogen-bond donors (Lipinski definition) is 0. The van der Waals surface area contributed by atoms with Crippen LogP contribution in [0.25, 0.3) is 10.2 Å². The molecule has 0 spiro atoms. The number of rotatable bonds is 5. The third-order valence-corrected chi connectivity index (χ3v) is 6.49. The van der Waals surface area contributed by atoms with E-state index < -0.39 is 0 Å². The van der Waals surface area contributed by atoms with Gasteiger partial charge in [-0.2, -0.15) is 0 Å². The second-order valence-corrected chi connectivity index (χ2v) is 7.93. The summed E-state index contributed by atoms with van der Waals surface area (Å²) >= 11 is 3.18. The number of thiophene rings is 1. The molecule has 0 unspecified atom stereocenters. The first kappa shape index (κ1) is 15.8. The first-order valence-corrected chi connectivity index (χ1v) is 9.88. The lowest BCUT2D eigenvalue weighted by atomic mass is 10.2. The van der Waals surface area contributed by atoms with E-state index in [-0.39, 0.29) is 5.56 Å². The Morgan fingerprint density at radius 3 is 3.04 bits per heavy atom. The lowest BCUT2D eigenvalue weighted by molar-refractivity contribution is 0.564. The Kier molecular flexibility index (Phi) is 4.13. The zero-order valence-electron chi connectivity index (χ0n) is 13.7. The normalized spacial score (nSPS) is 13.8. The Hall–Kier alpha value is -1.74. The molecule has 24 heavy (non-hydrogen) atoms. The molecule has 4 rings (SSSR count). The largest absolute Gasteiger partial charge is 0.290 e. The number of hydrogen-bond acceptors (Lipinski definition) is 7. The molecule has 0 saturated carbocycles. The van der Waals surface area contributed by atoms with Gasteiger partial charge in [-0.15, -0.1) is 16.4 Å². The van der Waals surface area contributed by atoms with Gasteiger partial charge in [-0.1, -0.05) is 18.7 Å². The van der Waals surface area contributed by atoms with Crippen LogP contribution in [0.5, 0.6) is 0 Å². The van der Waals surface area contributed by atoms with Crippen LogP contribution in [0.2, 0.25) is 0 Å². The molecule has 7 nitrogen and oxygen atoms in total. The Morgan fingerprint density at radius 2 is 2.21 bits per heavy atom. The number of fused-ring (bicyclic) bond motifs is 3. The monoisotopic (exact) mass is 362 g/mol. The Morgan fingerprint density at radius 1 is 1.33 bits per heavy atom. The van der Waals surface area contributed by atoms with Crippen molar-refractivity contribution in [1.29, 1.82) is 0 Å². The Bertz CT molecular complexity index is 957. The highest BCUT2D eigenvalue weighted by Crippen LogP contribution is 2.35. The second-order valence-electron chi connectivity index (χ2n) is 5.90. The average Bonchev–Trinajstić information content (AvgIpc) is 3.25. The summed E-state index contributed by atoms with van der Waals surface area (Å²) < 4.78 is 3.47. The zero-order chi connectivity index (χ0) is 16.7. The second kappa shape index (κ2) is 6.29. The topological polar surface area (TPSA) is 78.5 Å². The molecule has 9 heteroatoms. The van der Waals surface area contributed by atoms with Crippen molar-refractivity contribution in [1.82, 2.24) is 29.8 Å². The van der Waals surface area contributed by atoms with Gasteiger partial charge in [0, 0.05) is 18.5 Å². The van der Waals surface area contributed by atoms with Crippen molar-refractivity contribution in [2.24, 2.45) is 7.05 Å². The van der Waals surface area contributed by atoms with Gasteiger partial charge in [-0.3, -0.25) is 9.36 Å². The highest BCUT2D eigenvalue weighted by Gasteiger charge is 2.22. The van der Waals surface area contributed by atoms with Gasteiger partial charge in [0.15, 0.2) is 11.0 Å². The van der Waals surface area contributed by atoms with E-state index in [1.807, 2.05) is 4.68 Å². The van der Waals surface area contributed by atoms with Crippen LogP contribution in [0, 0.1) is 0 Å². The van der Waals surface area contributed by atoms with Crippen LogP contribution in [-0.2, 0) is 32.2 Å². The summed E-state index contributed by atoms with van der Waals surface area (Å²) in [6, 6.07) is 0. The molecule has 0 aliphatic heterocycles. The molecule has 0 aromatic carbocycles. The highest BCUT2D eigenvalue weighted by atomic mass is 32.2. The minimum Gasteiger partial charge on any atom is -0.290 e. The molecular weight excluding hydrogens is 344 g/mol. The van der Waals surface area contributed by atoms with E-state index in [9.17, 15) is 4.79 Å². The quantitative estimate of drug-likeness (QED) is 0.511. The number of nitrogens with zero attached hydrogens (tertiary/aromatic N) is 6. The van der Waals surface area contributed by atoms with Crippen LogP contribution in [-0.4, -0.2) is 29.8 Å². The molecule has 0 N–H and O–H groups in total. The van der Waals surface area contributed by atoms with Gasteiger partial charge in [-0.05, 0) is 41.7 Å². The molecule has 0 bridgehead atoms. The molecule has 0 radical (unpaired) electrons. The van der Waals surface area contributed by atoms with E-state index in [1.165, 1.54) is 22.2 Å². The molecule has 3 aromatic heterocycles. The number of tetrazole rings is 1. The fraction of sp³-hybridized carbons (Fsp3) is 0.533. The lowest BCUT2D eigenvalue weighted by Crippen LogP contribution is -2.20. The van der Waals surface area contributed by atoms with Gasteiger partial charge in [0.25, 0.3) is 5.56 Å². The standard InChI is InChI=1S/C15H18N6OS2/c1-3-7-21-11(17-18-19-21)8-23-15-16-13-12(14(22)20(15)2)9-5-4-6-10(9)24-13/h3-8H2,1-2H3. The Balaban J connectivity index is 1.66. The highest BCUT2D eigenvalue weighted by molar-refractivity contribution is 7.98. The molecule has 1 aliphatic rings. The van der Waals surface area contributed by atoms with E-state index in [0.29, 0.717) is 5.75 Å². The molecule has 0 fully saturated rings. The summed E-state index contributed by atoms with van der Waals surface area (Å²) in [5.41, 5.74) is 1.29. The predicted octanol–water partition coefficient (Wildman–Crippen LogP) is 2.17. The van der Waals surface area contributed by atoms with Crippen molar-refractivity contribution >= 4 is 33.3 Å². The minimum absolute atomic E-state index is 0.0649. The number of thioether (sulfide) groups is 1. The van der Waals surface area contributed by atoms with Gasteiger partial charge < -0.3 is 0 Å². The SMILES string of the molecule is CCCn1nnnc1CSc1nc2sc3c(c2c(=O)n1C)CCC3. The van der Waals surface area contributed by atoms with E-state index in [4.69, 9.17) is 4.98 Å². The van der Waals surface area contributed by atoms with E-state index in [0.717, 1.165) is 53.4 Å². The molecule has 0 amide bonds. The molecular formula is C15H18N6OS2. The molecule has 3 aromatic rings. The summed E-state index contributed by atoms with van der Waals surface area (Å²) in [4.78, 5) is 19.7. The van der Waals surface area contributed by atoms with Crippen molar-refractivity contribution in [2.75, 3.05) is 0 Å². The van der Waals surface area contributed by atoms with Gasteiger partial charge in [0.1, 0.15) is 4.83 Å². The molecule has 3 heterocycles. The van der Waals surface area contributed by atoms with E-state index in [2.05, 4.69) is 22.4 Å². The van der Waals surface area contributed by atoms with E-state index in [1.54, 1.807) is 23.0 Å². The summed E-state index contributed by atoms with van der Waals surface area (Å²) in [7, 11) is 1.80.